The van der Waals surface area contributed by atoms with Gasteiger partial charge in [0, 0.05) is 11.1 Å². The predicted octanol–water partition coefficient (Wildman–Crippen LogP) is 4.40. The highest BCUT2D eigenvalue weighted by Gasteiger charge is 2.72. The fourth-order valence-corrected chi connectivity index (χ4v) is 6.65. The smallest absolute Gasteiger partial charge is 0.408 e. The van der Waals surface area contributed by atoms with Crippen molar-refractivity contribution in [2.75, 3.05) is 7.11 Å². The minimum Gasteiger partial charge on any atom is -0.481 e. The molecule has 2 unspecified atom stereocenters. The summed E-state index contributed by atoms with van der Waals surface area (Å²) >= 11 is 0. The summed E-state index contributed by atoms with van der Waals surface area (Å²) in [5.74, 6) is -1.34. The van der Waals surface area contributed by atoms with Crippen molar-refractivity contribution in [1.29, 1.82) is 0 Å². The van der Waals surface area contributed by atoms with Gasteiger partial charge in [0.1, 0.15) is 11.2 Å². The predicted molar refractivity (Wildman–Crippen MR) is 135 cm³/mol. The third-order valence-electron chi connectivity index (χ3n) is 8.44. The Morgan fingerprint density at radius 1 is 0.703 bits per heavy atom. The third kappa shape index (κ3) is 5.82. The Kier molecular flexibility index (Phi) is 7.10. The van der Waals surface area contributed by atoms with Crippen molar-refractivity contribution in [3.8, 4) is 0 Å². The molecule has 2 amide bonds. The molecule has 2 atom stereocenters. The number of amides is 2. The highest BCUT2D eigenvalue weighted by atomic mass is 16.6. The number of hydrogen-bond acceptors (Lipinski definition) is 7. The average Bonchev–Trinajstić information content (AvgIpc) is 2.61. The minimum atomic E-state index is -0.749. The Balaban J connectivity index is 0.000000206. The van der Waals surface area contributed by atoms with Crippen molar-refractivity contribution < 1.29 is 38.5 Å². The van der Waals surface area contributed by atoms with Crippen LogP contribution in [0, 0.1) is 22.7 Å². The molecule has 6 aliphatic carbocycles. The normalized spacial score (nSPS) is 34.2. The second-order valence-electron chi connectivity index (χ2n) is 13.9. The fraction of sp³-hybridized carbons (Fsp3) is 0.852. The molecule has 0 aliphatic heterocycles. The van der Waals surface area contributed by atoms with Crippen LogP contribution in [0.2, 0.25) is 0 Å². The van der Waals surface area contributed by atoms with Crippen LogP contribution in [0.3, 0.4) is 0 Å². The molecule has 6 saturated carbocycles. The molecule has 0 heterocycles. The molecule has 0 aromatic rings. The van der Waals surface area contributed by atoms with Crippen LogP contribution in [0.1, 0.15) is 93.9 Å². The molecule has 0 radical (unpaired) electrons. The van der Waals surface area contributed by atoms with Crippen LogP contribution in [-0.2, 0) is 23.8 Å². The van der Waals surface area contributed by atoms with E-state index in [-0.39, 0.29) is 45.8 Å². The van der Waals surface area contributed by atoms with Gasteiger partial charge in [0.25, 0.3) is 0 Å². The first-order chi connectivity index (χ1) is 16.7. The Morgan fingerprint density at radius 2 is 1.03 bits per heavy atom. The number of carboxylic acids is 1. The first-order valence-electron chi connectivity index (χ1n) is 13.0. The van der Waals surface area contributed by atoms with Gasteiger partial charge in [-0.05, 0) is 90.9 Å². The minimum absolute atomic E-state index is 0.0299. The summed E-state index contributed by atoms with van der Waals surface area (Å²) in [5.41, 5.74) is -1.40. The zero-order chi connectivity index (χ0) is 28.2. The lowest BCUT2D eigenvalue weighted by Crippen LogP contribution is -2.77. The molecule has 0 aromatic heterocycles. The van der Waals surface area contributed by atoms with Crippen LogP contribution >= 0.6 is 0 Å². The van der Waals surface area contributed by atoms with Crippen LogP contribution in [-0.4, -0.2) is 58.6 Å². The van der Waals surface area contributed by atoms with Crippen molar-refractivity contribution in [2.45, 2.75) is 116 Å². The highest BCUT2D eigenvalue weighted by Crippen LogP contribution is 2.71. The van der Waals surface area contributed by atoms with E-state index in [1.807, 2.05) is 48.5 Å². The average molecular weight is 525 g/mol. The largest absolute Gasteiger partial charge is 0.481 e. The molecule has 0 saturated heterocycles. The molecule has 4 bridgehead atoms. The number of carbonyl (C=O) groups is 4. The highest BCUT2D eigenvalue weighted by molar-refractivity contribution is 5.75. The van der Waals surface area contributed by atoms with Gasteiger partial charge in [-0.25, -0.2) is 9.59 Å². The summed E-state index contributed by atoms with van der Waals surface area (Å²) < 4.78 is 15.3. The van der Waals surface area contributed by atoms with Gasteiger partial charge in [-0.3, -0.25) is 9.59 Å². The number of alkyl carbamates (subject to hydrolysis) is 2. The summed E-state index contributed by atoms with van der Waals surface area (Å²) in [4.78, 5) is 45.9. The van der Waals surface area contributed by atoms with Gasteiger partial charge in [0.05, 0.1) is 18.9 Å². The van der Waals surface area contributed by atoms with Gasteiger partial charge in [-0.15, -0.1) is 0 Å². The van der Waals surface area contributed by atoms with E-state index < -0.39 is 23.3 Å². The zero-order valence-electron chi connectivity index (χ0n) is 23.7. The Morgan fingerprint density at radius 3 is 1.30 bits per heavy atom. The quantitative estimate of drug-likeness (QED) is 0.343. The molecule has 10 nitrogen and oxygen atoms in total. The van der Waals surface area contributed by atoms with Gasteiger partial charge in [-0.2, -0.15) is 0 Å². The molecule has 6 rings (SSSR count). The maximum absolute atomic E-state index is 11.7. The summed E-state index contributed by atoms with van der Waals surface area (Å²) in [6, 6.07) is 0. The SMILES string of the molecule is CC(C(=O)O)C12CC(NC(=O)OC(C)(C)C)(C1)C2.COC(=O)C(C)C12CC(NC(=O)OC(C)(C)C)(C1)C2. The molecular weight excluding hydrogens is 480 g/mol. The molecule has 6 fully saturated rings. The number of hydrogen-bond donors (Lipinski definition) is 3. The lowest BCUT2D eigenvalue weighted by Gasteiger charge is -2.72. The van der Waals surface area contributed by atoms with Crippen molar-refractivity contribution >= 4 is 24.1 Å². The van der Waals surface area contributed by atoms with Crippen molar-refractivity contribution in [3.05, 3.63) is 0 Å². The molecule has 10 heteroatoms. The van der Waals surface area contributed by atoms with E-state index in [1.165, 1.54) is 7.11 Å². The molecule has 3 N–H and O–H groups in total. The number of ether oxygens (including phenoxy) is 3. The monoisotopic (exact) mass is 524 g/mol. The van der Waals surface area contributed by atoms with Crippen molar-refractivity contribution in [1.82, 2.24) is 10.6 Å². The maximum atomic E-state index is 11.7. The number of esters is 1. The van der Waals surface area contributed by atoms with E-state index in [4.69, 9.17) is 19.3 Å². The Hall–Kier alpha value is -2.52. The number of carbonyl (C=O) groups excluding carboxylic acids is 3. The standard InChI is InChI=1S/C14H23NO4.C13H21NO4/c1-9(10(16)18-5)13-6-14(7-13,8-13)15-11(17)19-12(2,3)4;1-8(9(15)16)12-5-13(6-12,7-12)14-10(17)18-11(2,3)4/h9H,6-8H2,1-5H3,(H,15,17);8H,5-7H2,1-4H3,(H,14,17)(H,15,16). The van der Waals surface area contributed by atoms with Crippen LogP contribution in [0.5, 0.6) is 0 Å². The van der Waals surface area contributed by atoms with Crippen LogP contribution in [0.4, 0.5) is 9.59 Å². The van der Waals surface area contributed by atoms with Crippen LogP contribution in [0.25, 0.3) is 0 Å². The number of carboxylic acid groups (broad SMARTS) is 1. The van der Waals surface area contributed by atoms with E-state index in [0.717, 1.165) is 38.5 Å². The van der Waals surface area contributed by atoms with Gasteiger partial charge in [-0.1, -0.05) is 13.8 Å². The first-order valence-corrected chi connectivity index (χ1v) is 13.0. The van der Waals surface area contributed by atoms with Crippen molar-refractivity contribution in [3.63, 3.8) is 0 Å². The van der Waals surface area contributed by atoms with Crippen LogP contribution < -0.4 is 10.6 Å². The number of methoxy groups -OCH3 is 1. The summed E-state index contributed by atoms with van der Waals surface area (Å²) in [5, 5.41) is 14.8. The second kappa shape index (κ2) is 9.05. The van der Waals surface area contributed by atoms with Gasteiger partial charge in [0.15, 0.2) is 0 Å². The fourth-order valence-electron chi connectivity index (χ4n) is 6.65. The summed E-state index contributed by atoms with van der Waals surface area (Å²) in [6.07, 6.45) is 4.03. The zero-order valence-corrected chi connectivity index (χ0v) is 23.7. The first kappa shape index (κ1) is 29.0. The van der Waals surface area contributed by atoms with E-state index in [9.17, 15) is 19.2 Å². The van der Waals surface area contributed by atoms with Crippen molar-refractivity contribution in [2.24, 2.45) is 22.7 Å². The number of aliphatic carboxylic acids is 1. The lowest BCUT2D eigenvalue weighted by atomic mass is 9.36. The van der Waals surface area contributed by atoms with Gasteiger partial charge < -0.3 is 30.0 Å². The summed E-state index contributed by atoms with van der Waals surface area (Å²) in [6.45, 7) is 14.6. The Bertz CT molecular complexity index is 921. The summed E-state index contributed by atoms with van der Waals surface area (Å²) in [7, 11) is 1.42. The number of nitrogens with one attached hydrogen (secondary N) is 2. The molecule has 210 valence electrons. The second-order valence-corrected chi connectivity index (χ2v) is 13.9. The molecule has 0 spiro atoms. The topological polar surface area (TPSA) is 140 Å². The van der Waals surface area contributed by atoms with E-state index in [2.05, 4.69) is 10.6 Å². The van der Waals surface area contributed by atoms with E-state index in [1.54, 1.807) is 6.92 Å². The van der Waals surface area contributed by atoms with Crippen LogP contribution in [0.15, 0.2) is 0 Å². The van der Waals surface area contributed by atoms with E-state index >= 15 is 0 Å². The molecular formula is C27H44N2O8. The molecule has 6 aliphatic rings. The van der Waals surface area contributed by atoms with Gasteiger partial charge >= 0.3 is 24.1 Å². The number of rotatable bonds is 6. The lowest BCUT2D eigenvalue weighted by molar-refractivity contribution is -0.199. The molecule has 0 aromatic carbocycles. The molecule has 37 heavy (non-hydrogen) atoms. The Labute approximate surface area is 219 Å². The third-order valence-corrected chi connectivity index (χ3v) is 8.44. The van der Waals surface area contributed by atoms with Gasteiger partial charge in [0.2, 0.25) is 0 Å². The maximum Gasteiger partial charge on any atom is 0.408 e. The van der Waals surface area contributed by atoms with E-state index in [0.29, 0.717) is 0 Å².